The lowest BCUT2D eigenvalue weighted by Crippen LogP contribution is -2.44. The van der Waals surface area contributed by atoms with Crippen LogP contribution in [0.4, 0.5) is 4.79 Å². The van der Waals surface area contributed by atoms with Gasteiger partial charge < -0.3 is 14.5 Å². The molecule has 1 aliphatic heterocycles. The van der Waals surface area contributed by atoms with Crippen molar-refractivity contribution in [1.29, 1.82) is 0 Å². The lowest BCUT2D eigenvalue weighted by atomic mass is 9.73. The molecule has 2 amide bonds. The van der Waals surface area contributed by atoms with Crippen LogP contribution in [0.1, 0.15) is 47.6 Å². The molecule has 2 aromatic carbocycles. The summed E-state index contributed by atoms with van der Waals surface area (Å²) in [5.41, 5.74) is 4.09. The van der Waals surface area contributed by atoms with Crippen LogP contribution in [0.3, 0.4) is 0 Å². The second kappa shape index (κ2) is 8.99. The maximum Gasteiger partial charge on any atom is 0.409 e. The first kappa shape index (κ1) is 22.4. The van der Waals surface area contributed by atoms with Gasteiger partial charge >= 0.3 is 6.09 Å². The van der Waals surface area contributed by atoms with E-state index in [0.717, 1.165) is 35.1 Å². The number of ether oxygens (including phenoxy) is 1. The van der Waals surface area contributed by atoms with Gasteiger partial charge in [-0.3, -0.25) is 4.79 Å². The third-order valence-electron chi connectivity index (χ3n) is 6.73. The van der Waals surface area contributed by atoms with Crippen LogP contribution in [-0.2, 0) is 14.9 Å². The molecule has 0 saturated carbocycles. The van der Waals surface area contributed by atoms with Gasteiger partial charge in [0.2, 0.25) is 5.91 Å². The highest BCUT2D eigenvalue weighted by Gasteiger charge is 2.48. The van der Waals surface area contributed by atoms with Crippen LogP contribution in [-0.4, -0.2) is 49.0 Å². The number of hydrogen-bond acceptors (Lipinski definition) is 3. The molecule has 1 unspecified atom stereocenters. The highest BCUT2D eigenvalue weighted by molar-refractivity contribution is 6.31. The van der Waals surface area contributed by atoms with Crippen molar-refractivity contribution in [2.75, 3.05) is 27.2 Å². The van der Waals surface area contributed by atoms with E-state index in [1.54, 1.807) is 20.2 Å². The Morgan fingerprint density at radius 2 is 1.84 bits per heavy atom. The zero-order chi connectivity index (χ0) is 22.9. The number of benzene rings is 2. The predicted molar refractivity (Wildman–Crippen MR) is 127 cm³/mol. The standard InChI is InChI=1S/C26H29ClN2O3/c1-18-7-4-5-8-19(18)11-12-23(30)29-15-13-26(14-16-29)17-22(32-25(31)28(2)3)20-9-6-10-21(27)24(20)26/h4-12,22H,13-17H2,1-3H3/b12-11+. The molecule has 0 N–H and O–H groups in total. The summed E-state index contributed by atoms with van der Waals surface area (Å²) in [6, 6.07) is 13.8. The van der Waals surface area contributed by atoms with Crippen molar-refractivity contribution in [1.82, 2.24) is 9.80 Å². The number of carbonyl (C=O) groups is 2. The summed E-state index contributed by atoms with van der Waals surface area (Å²) < 4.78 is 5.79. The van der Waals surface area contributed by atoms with Crippen LogP contribution >= 0.6 is 11.6 Å². The summed E-state index contributed by atoms with van der Waals surface area (Å²) in [5, 5.41) is 0.713. The number of piperidine rings is 1. The van der Waals surface area contributed by atoms with Crippen molar-refractivity contribution in [3.8, 4) is 0 Å². The van der Waals surface area contributed by atoms with Gasteiger partial charge in [0.1, 0.15) is 6.10 Å². The van der Waals surface area contributed by atoms with E-state index < -0.39 is 0 Å². The second-order valence-corrected chi connectivity index (χ2v) is 9.38. The molecule has 32 heavy (non-hydrogen) atoms. The van der Waals surface area contributed by atoms with E-state index in [4.69, 9.17) is 16.3 Å². The molecule has 1 aliphatic carbocycles. The molecule has 1 atom stereocenters. The number of nitrogens with zero attached hydrogens (tertiary/aromatic N) is 2. The smallest absolute Gasteiger partial charge is 0.409 e. The molecule has 1 saturated heterocycles. The van der Waals surface area contributed by atoms with Crippen molar-refractivity contribution < 1.29 is 14.3 Å². The molecule has 1 spiro atoms. The minimum absolute atomic E-state index is 0.0241. The van der Waals surface area contributed by atoms with Crippen LogP contribution in [0, 0.1) is 6.92 Å². The first-order valence-electron chi connectivity index (χ1n) is 11.0. The molecule has 0 aromatic heterocycles. The largest absolute Gasteiger partial charge is 0.441 e. The van der Waals surface area contributed by atoms with Crippen LogP contribution < -0.4 is 0 Å². The summed E-state index contributed by atoms with van der Waals surface area (Å²) in [6.45, 7) is 3.33. The van der Waals surface area contributed by atoms with Gasteiger partial charge in [0.25, 0.3) is 0 Å². The van der Waals surface area contributed by atoms with Gasteiger partial charge in [0, 0.05) is 43.7 Å². The highest BCUT2D eigenvalue weighted by Crippen LogP contribution is 2.54. The van der Waals surface area contributed by atoms with Gasteiger partial charge in [0.15, 0.2) is 0 Å². The minimum Gasteiger partial charge on any atom is -0.441 e. The van der Waals surface area contributed by atoms with Crippen molar-refractivity contribution in [3.05, 3.63) is 75.8 Å². The molecule has 1 heterocycles. The quantitative estimate of drug-likeness (QED) is 0.588. The molecule has 2 aromatic rings. The summed E-state index contributed by atoms with van der Waals surface area (Å²) in [7, 11) is 3.36. The van der Waals surface area contributed by atoms with Crippen LogP contribution in [0.5, 0.6) is 0 Å². The zero-order valence-electron chi connectivity index (χ0n) is 18.8. The van der Waals surface area contributed by atoms with E-state index >= 15 is 0 Å². The predicted octanol–water partition coefficient (Wildman–Crippen LogP) is 5.37. The Labute approximate surface area is 194 Å². The number of likely N-dealkylation sites (tertiary alicyclic amines) is 1. The summed E-state index contributed by atoms with van der Waals surface area (Å²) >= 11 is 6.65. The monoisotopic (exact) mass is 452 g/mol. The Balaban J connectivity index is 1.49. The lowest BCUT2D eigenvalue weighted by Gasteiger charge is -2.40. The Hall–Kier alpha value is -2.79. The number of rotatable bonds is 3. The number of carbonyl (C=O) groups excluding carboxylic acids is 2. The van der Waals surface area contributed by atoms with E-state index in [1.165, 1.54) is 4.90 Å². The van der Waals surface area contributed by atoms with Gasteiger partial charge in [-0.15, -0.1) is 0 Å². The second-order valence-electron chi connectivity index (χ2n) is 8.97. The minimum atomic E-state index is -0.355. The van der Waals surface area contributed by atoms with Crippen LogP contribution in [0.25, 0.3) is 6.08 Å². The van der Waals surface area contributed by atoms with Crippen molar-refractivity contribution in [3.63, 3.8) is 0 Å². The summed E-state index contributed by atoms with van der Waals surface area (Å²) in [6.07, 6.45) is 5.17. The fraction of sp³-hybridized carbons (Fsp3) is 0.385. The maximum atomic E-state index is 12.8. The molecule has 2 aliphatic rings. The van der Waals surface area contributed by atoms with Crippen LogP contribution in [0.2, 0.25) is 5.02 Å². The normalized spacial score (nSPS) is 19.2. The average molecular weight is 453 g/mol. The van der Waals surface area contributed by atoms with Crippen molar-refractivity contribution in [2.24, 2.45) is 0 Å². The number of halogens is 1. The topological polar surface area (TPSA) is 49.9 Å². The molecule has 4 rings (SSSR count). The van der Waals surface area contributed by atoms with Gasteiger partial charge in [0.05, 0.1) is 0 Å². The summed E-state index contributed by atoms with van der Waals surface area (Å²) in [4.78, 5) is 28.4. The van der Waals surface area contributed by atoms with E-state index in [1.807, 2.05) is 60.4 Å². The fourth-order valence-electron chi connectivity index (χ4n) is 4.92. The lowest BCUT2D eigenvalue weighted by molar-refractivity contribution is -0.127. The van der Waals surface area contributed by atoms with Gasteiger partial charge in [-0.2, -0.15) is 0 Å². The molecular weight excluding hydrogens is 424 g/mol. The Morgan fingerprint density at radius 1 is 1.12 bits per heavy atom. The number of amides is 2. The molecule has 168 valence electrons. The highest BCUT2D eigenvalue weighted by atomic mass is 35.5. The number of fused-ring (bicyclic) bond motifs is 2. The molecule has 0 radical (unpaired) electrons. The number of hydrogen-bond donors (Lipinski definition) is 0. The number of aryl methyl sites for hydroxylation is 1. The molecule has 5 nitrogen and oxygen atoms in total. The molecule has 6 heteroatoms. The van der Waals surface area contributed by atoms with Gasteiger partial charge in [-0.05, 0) is 60.6 Å². The first-order chi connectivity index (χ1) is 15.3. The van der Waals surface area contributed by atoms with E-state index in [0.29, 0.717) is 24.5 Å². The van der Waals surface area contributed by atoms with E-state index in [-0.39, 0.29) is 23.5 Å². The molecule has 0 bridgehead atoms. The Morgan fingerprint density at radius 3 is 2.53 bits per heavy atom. The maximum absolute atomic E-state index is 12.8. The van der Waals surface area contributed by atoms with E-state index in [2.05, 4.69) is 0 Å². The fourth-order valence-corrected chi connectivity index (χ4v) is 5.30. The SMILES string of the molecule is Cc1ccccc1/C=C/C(=O)N1CCC2(CC1)CC(OC(=O)N(C)C)c1cccc(Cl)c12. The van der Waals surface area contributed by atoms with Crippen LogP contribution in [0.15, 0.2) is 48.5 Å². The third kappa shape index (κ3) is 4.26. The Kier molecular flexibility index (Phi) is 6.29. The third-order valence-corrected chi connectivity index (χ3v) is 7.05. The van der Waals surface area contributed by atoms with Crippen molar-refractivity contribution >= 4 is 29.7 Å². The Bertz CT molecular complexity index is 1050. The average Bonchev–Trinajstić information content (AvgIpc) is 3.07. The molecule has 1 fully saturated rings. The zero-order valence-corrected chi connectivity index (χ0v) is 19.6. The first-order valence-corrected chi connectivity index (χ1v) is 11.4. The van der Waals surface area contributed by atoms with Gasteiger partial charge in [-0.25, -0.2) is 4.79 Å². The van der Waals surface area contributed by atoms with Crippen molar-refractivity contribution in [2.45, 2.75) is 37.7 Å². The van der Waals surface area contributed by atoms with Gasteiger partial charge in [-0.1, -0.05) is 48.0 Å². The molecular formula is C26H29ClN2O3. The summed E-state index contributed by atoms with van der Waals surface area (Å²) in [5.74, 6) is 0.0241. The van der Waals surface area contributed by atoms with E-state index in [9.17, 15) is 9.59 Å².